The van der Waals surface area contributed by atoms with Crippen molar-refractivity contribution in [3.63, 3.8) is 0 Å². The lowest BCUT2D eigenvalue weighted by atomic mass is 9.97. The Balaban J connectivity index is 1.99. The van der Waals surface area contributed by atoms with Gasteiger partial charge in [0.1, 0.15) is 0 Å². The van der Waals surface area contributed by atoms with E-state index in [0.29, 0.717) is 6.42 Å². The summed E-state index contributed by atoms with van der Waals surface area (Å²) >= 11 is 3.50. The Labute approximate surface area is 120 Å². The number of rotatable bonds is 1. The number of carbonyl (C=O) groups is 1. The van der Waals surface area contributed by atoms with Crippen LogP contribution in [-0.4, -0.2) is 5.91 Å². The van der Waals surface area contributed by atoms with Crippen LogP contribution in [-0.2, 0) is 11.2 Å². The van der Waals surface area contributed by atoms with Crippen LogP contribution < -0.4 is 5.32 Å². The van der Waals surface area contributed by atoms with Crippen LogP contribution in [0.2, 0.25) is 0 Å². The molecule has 0 saturated carbocycles. The van der Waals surface area contributed by atoms with Crippen molar-refractivity contribution in [1.82, 2.24) is 0 Å². The molecule has 0 bridgehead atoms. The fourth-order valence-electron chi connectivity index (χ4n) is 2.18. The molecule has 2 aromatic rings. The predicted octanol–water partition coefficient (Wildman–Crippen LogP) is 4.03. The van der Waals surface area contributed by atoms with E-state index in [2.05, 4.69) is 21.2 Å². The van der Waals surface area contributed by atoms with E-state index in [4.69, 9.17) is 0 Å². The summed E-state index contributed by atoms with van der Waals surface area (Å²) < 4.78 is 0.995. The zero-order chi connectivity index (χ0) is 13.2. The highest BCUT2D eigenvalue weighted by atomic mass is 79.9. The normalized spacial score (nSPS) is 16.1. The van der Waals surface area contributed by atoms with Crippen LogP contribution in [0.5, 0.6) is 0 Å². The molecule has 0 radical (unpaired) electrons. The van der Waals surface area contributed by atoms with Crippen LogP contribution in [0.3, 0.4) is 0 Å². The monoisotopic (exact) mass is 313 g/mol. The highest BCUT2D eigenvalue weighted by Gasteiger charge is 2.19. The molecule has 1 aliphatic rings. The Kier molecular flexibility index (Phi) is 3.22. The molecule has 1 heterocycles. The molecule has 94 valence electrons. The molecule has 2 nitrogen and oxygen atoms in total. The van der Waals surface area contributed by atoms with E-state index in [0.717, 1.165) is 26.9 Å². The van der Waals surface area contributed by atoms with Crippen molar-refractivity contribution >= 4 is 33.6 Å². The van der Waals surface area contributed by atoms with Gasteiger partial charge in [0.25, 0.3) is 5.91 Å². The smallest absolute Gasteiger partial charge is 0.251 e. The molecule has 3 heteroatoms. The van der Waals surface area contributed by atoms with Crippen LogP contribution in [0, 0.1) is 0 Å². The van der Waals surface area contributed by atoms with Gasteiger partial charge in [-0.05, 0) is 29.3 Å². The molecular formula is C16H12BrNO. The molecule has 1 N–H and O–H groups in total. The number of para-hydroxylation sites is 1. The van der Waals surface area contributed by atoms with E-state index in [1.807, 2.05) is 54.6 Å². The summed E-state index contributed by atoms with van der Waals surface area (Å²) in [5.41, 5.74) is 3.87. The van der Waals surface area contributed by atoms with Gasteiger partial charge in [-0.2, -0.15) is 0 Å². The van der Waals surface area contributed by atoms with Crippen LogP contribution in [0.1, 0.15) is 11.1 Å². The predicted molar refractivity (Wildman–Crippen MR) is 80.9 cm³/mol. The molecule has 0 aromatic heterocycles. The summed E-state index contributed by atoms with van der Waals surface area (Å²) in [5, 5.41) is 2.93. The van der Waals surface area contributed by atoms with Crippen molar-refractivity contribution in [2.75, 3.05) is 5.32 Å². The Morgan fingerprint density at radius 1 is 1.05 bits per heavy atom. The summed E-state index contributed by atoms with van der Waals surface area (Å²) in [7, 11) is 0. The molecule has 0 fully saturated rings. The van der Waals surface area contributed by atoms with Gasteiger partial charge in [0.15, 0.2) is 0 Å². The van der Waals surface area contributed by atoms with Crippen molar-refractivity contribution in [1.29, 1.82) is 0 Å². The van der Waals surface area contributed by atoms with Gasteiger partial charge in [0.2, 0.25) is 0 Å². The molecular weight excluding hydrogens is 302 g/mol. The third-order valence-corrected chi connectivity index (χ3v) is 3.90. The lowest BCUT2D eigenvalue weighted by molar-refractivity contribution is -0.113. The maximum Gasteiger partial charge on any atom is 0.251 e. The number of hydrogen-bond acceptors (Lipinski definition) is 1. The fourth-order valence-corrected chi connectivity index (χ4v) is 2.58. The number of fused-ring (bicyclic) bond motifs is 1. The molecule has 3 rings (SSSR count). The number of anilines is 1. The van der Waals surface area contributed by atoms with Crippen LogP contribution in [0.4, 0.5) is 5.69 Å². The highest BCUT2D eigenvalue weighted by Crippen LogP contribution is 2.27. The number of nitrogens with one attached hydrogen (secondary N) is 1. The largest absolute Gasteiger partial charge is 0.322 e. The first kappa shape index (κ1) is 12.2. The number of halogens is 1. The van der Waals surface area contributed by atoms with Gasteiger partial charge >= 0.3 is 0 Å². The average Bonchev–Trinajstić information content (AvgIpc) is 2.42. The van der Waals surface area contributed by atoms with E-state index in [1.165, 1.54) is 0 Å². The number of hydrogen-bond donors (Lipinski definition) is 1. The SMILES string of the molecule is O=C1Nc2ccccc2CC1=Cc1ccccc1Br. The van der Waals surface area contributed by atoms with Gasteiger partial charge in [0, 0.05) is 22.2 Å². The van der Waals surface area contributed by atoms with Gasteiger partial charge in [-0.25, -0.2) is 0 Å². The quantitative estimate of drug-likeness (QED) is 0.791. The maximum absolute atomic E-state index is 12.1. The van der Waals surface area contributed by atoms with Crippen molar-refractivity contribution < 1.29 is 4.79 Å². The van der Waals surface area contributed by atoms with Crippen molar-refractivity contribution in [2.24, 2.45) is 0 Å². The third-order valence-electron chi connectivity index (χ3n) is 3.17. The number of benzene rings is 2. The van der Waals surface area contributed by atoms with E-state index < -0.39 is 0 Å². The summed E-state index contributed by atoms with van der Waals surface area (Å²) in [4.78, 5) is 12.1. The van der Waals surface area contributed by atoms with Gasteiger partial charge in [0.05, 0.1) is 0 Å². The molecule has 1 amide bonds. The summed E-state index contributed by atoms with van der Waals surface area (Å²) in [6.45, 7) is 0. The maximum atomic E-state index is 12.1. The molecule has 0 saturated heterocycles. The second-order valence-corrected chi connectivity index (χ2v) is 5.33. The second kappa shape index (κ2) is 5.02. The Hall–Kier alpha value is -1.87. The first-order chi connectivity index (χ1) is 9.24. The van der Waals surface area contributed by atoms with Gasteiger partial charge in [-0.3, -0.25) is 4.79 Å². The minimum atomic E-state index is -0.0190. The Morgan fingerprint density at radius 3 is 2.63 bits per heavy atom. The number of carbonyl (C=O) groups excluding carboxylic acids is 1. The standard InChI is InChI=1S/C16H12BrNO/c17-14-7-3-1-5-11(14)9-13-10-12-6-2-4-8-15(12)18-16(13)19/h1-9H,10H2,(H,18,19). The van der Waals surface area contributed by atoms with Crippen molar-refractivity contribution in [3.05, 3.63) is 69.7 Å². The molecule has 2 aromatic carbocycles. The molecule has 0 atom stereocenters. The van der Waals surface area contributed by atoms with Crippen molar-refractivity contribution in [3.8, 4) is 0 Å². The zero-order valence-electron chi connectivity index (χ0n) is 10.2. The summed E-state index contributed by atoms with van der Waals surface area (Å²) in [5.74, 6) is -0.0190. The first-order valence-electron chi connectivity index (χ1n) is 6.08. The van der Waals surface area contributed by atoms with E-state index in [-0.39, 0.29) is 5.91 Å². The molecule has 1 aliphatic heterocycles. The van der Waals surface area contributed by atoms with Crippen LogP contribution in [0.25, 0.3) is 6.08 Å². The summed E-state index contributed by atoms with van der Waals surface area (Å²) in [6.07, 6.45) is 2.61. The topological polar surface area (TPSA) is 29.1 Å². The highest BCUT2D eigenvalue weighted by molar-refractivity contribution is 9.10. The van der Waals surface area contributed by atoms with Gasteiger partial charge < -0.3 is 5.32 Å². The molecule has 19 heavy (non-hydrogen) atoms. The van der Waals surface area contributed by atoms with E-state index in [9.17, 15) is 4.79 Å². The average molecular weight is 314 g/mol. The third kappa shape index (κ3) is 2.47. The van der Waals surface area contributed by atoms with E-state index >= 15 is 0 Å². The lowest BCUT2D eigenvalue weighted by Gasteiger charge is -2.19. The van der Waals surface area contributed by atoms with Gasteiger partial charge in [-0.1, -0.05) is 52.3 Å². The van der Waals surface area contributed by atoms with Crippen molar-refractivity contribution in [2.45, 2.75) is 6.42 Å². The molecule has 0 unspecified atom stereocenters. The van der Waals surface area contributed by atoms with Crippen LogP contribution >= 0.6 is 15.9 Å². The Morgan fingerprint density at radius 2 is 1.79 bits per heavy atom. The lowest BCUT2D eigenvalue weighted by Crippen LogP contribution is -2.22. The van der Waals surface area contributed by atoms with Crippen LogP contribution in [0.15, 0.2) is 58.6 Å². The molecule has 0 spiro atoms. The fraction of sp³-hybridized carbons (Fsp3) is 0.0625. The summed E-state index contributed by atoms with van der Waals surface area (Å²) in [6, 6.07) is 15.8. The molecule has 0 aliphatic carbocycles. The zero-order valence-corrected chi connectivity index (χ0v) is 11.8. The minimum Gasteiger partial charge on any atom is -0.322 e. The Bertz CT molecular complexity index is 676. The first-order valence-corrected chi connectivity index (χ1v) is 6.88. The van der Waals surface area contributed by atoms with E-state index in [1.54, 1.807) is 0 Å². The minimum absolute atomic E-state index is 0.0190. The second-order valence-electron chi connectivity index (χ2n) is 4.48. The number of amides is 1. The van der Waals surface area contributed by atoms with Gasteiger partial charge in [-0.15, -0.1) is 0 Å².